The molecule has 0 fully saturated rings. The fourth-order valence-corrected chi connectivity index (χ4v) is 3.38. The van der Waals surface area contributed by atoms with Crippen LogP contribution in [0.15, 0.2) is 46.9 Å². The Bertz CT molecular complexity index is 900. The van der Waals surface area contributed by atoms with Gasteiger partial charge in [0, 0.05) is 19.6 Å². The second-order valence-electron chi connectivity index (χ2n) is 6.77. The molecule has 0 amide bonds. The van der Waals surface area contributed by atoms with Gasteiger partial charge < -0.3 is 9.52 Å². The van der Waals surface area contributed by atoms with Crippen molar-refractivity contribution >= 4 is 0 Å². The number of aryl methyl sites for hydroxylation is 1. The first-order valence-corrected chi connectivity index (χ1v) is 8.91. The lowest BCUT2D eigenvalue weighted by Gasteiger charge is -2.17. The van der Waals surface area contributed by atoms with Gasteiger partial charge in [0.05, 0.1) is 29.6 Å². The van der Waals surface area contributed by atoms with Gasteiger partial charge in [-0.15, -0.1) is 0 Å². The summed E-state index contributed by atoms with van der Waals surface area (Å²) in [5.74, 6) is 1.08. The van der Waals surface area contributed by atoms with Crippen LogP contribution in [0.3, 0.4) is 0 Å². The molecule has 3 heterocycles. The lowest BCUT2D eigenvalue weighted by Crippen LogP contribution is -2.22. The standard InChI is InChI=1S/C20H22FN3O2/c1-14(25)19-11-15-12-23(9-4-10-24(15)22-19)13-16-7-8-20(26-16)17-5-2-3-6-18(17)21/h2-3,5-8,11,14,25H,4,9-10,12-13H2,1H3. The number of halogens is 1. The van der Waals surface area contributed by atoms with E-state index in [2.05, 4.69) is 10.00 Å². The van der Waals surface area contributed by atoms with Crippen LogP contribution in [0.1, 0.15) is 36.6 Å². The van der Waals surface area contributed by atoms with E-state index in [1.165, 1.54) is 6.07 Å². The van der Waals surface area contributed by atoms with Gasteiger partial charge in [-0.25, -0.2) is 4.39 Å². The molecule has 1 aliphatic heterocycles. The van der Waals surface area contributed by atoms with E-state index in [4.69, 9.17) is 4.42 Å². The summed E-state index contributed by atoms with van der Waals surface area (Å²) in [6.45, 7) is 4.91. The number of furan rings is 1. The molecule has 4 rings (SSSR count). The van der Waals surface area contributed by atoms with Crippen LogP contribution in [-0.2, 0) is 19.6 Å². The summed E-state index contributed by atoms with van der Waals surface area (Å²) < 4.78 is 21.8. The number of hydrogen-bond donors (Lipinski definition) is 1. The largest absolute Gasteiger partial charge is 0.460 e. The molecule has 26 heavy (non-hydrogen) atoms. The highest BCUT2D eigenvalue weighted by molar-refractivity contribution is 5.58. The Kier molecular flexibility index (Phi) is 4.61. The van der Waals surface area contributed by atoms with Gasteiger partial charge in [-0.05, 0) is 43.7 Å². The SMILES string of the molecule is CC(O)c1cc2n(n1)CCCN(Cc1ccc(-c3ccccc3F)o1)C2. The molecule has 0 spiro atoms. The Morgan fingerprint density at radius 2 is 2.08 bits per heavy atom. The van der Waals surface area contributed by atoms with Crippen LogP contribution in [0, 0.1) is 5.82 Å². The van der Waals surface area contributed by atoms with Crippen LogP contribution < -0.4 is 0 Å². The van der Waals surface area contributed by atoms with Crippen LogP contribution >= 0.6 is 0 Å². The third kappa shape index (κ3) is 3.43. The number of rotatable bonds is 4. The van der Waals surface area contributed by atoms with Crippen molar-refractivity contribution in [3.63, 3.8) is 0 Å². The average molecular weight is 355 g/mol. The normalized spacial score (nSPS) is 16.3. The molecular weight excluding hydrogens is 333 g/mol. The van der Waals surface area contributed by atoms with E-state index >= 15 is 0 Å². The zero-order valence-corrected chi connectivity index (χ0v) is 14.7. The summed E-state index contributed by atoms with van der Waals surface area (Å²) in [5.41, 5.74) is 2.29. The number of nitrogens with zero attached hydrogens (tertiary/aromatic N) is 3. The maximum Gasteiger partial charge on any atom is 0.137 e. The van der Waals surface area contributed by atoms with E-state index in [-0.39, 0.29) is 5.82 Å². The molecule has 0 saturated heterocycles. The zero-order valence-electron chi connectivity index (χ0n) is 14.7. The maximum absolute atomic E-state index is 13.9. The molecule has 0 bridgehead atoms. The Balaban J connectivity index is 1.50. The first-order chi connectivity index (χ1) is 12.6. The molecule has 1 unspecified atom stereocenters. The van der Waals surface area contributed by atoms with Crippen LogP contribution in [0.5, 0.6) is 0 Å². The Hall–Kier alpha value is -2.44. The Labute approximate surface area is 151 Å². The molecule has 0 saturated carbocycles. The van der Waals surface area contributed by atoms with Crippen LogP contribution in [-0.4, -0.2) is 26.3 Å². The van der Waals surface area contributed by atoms with Crippen molar-refractivity contribution in [2.45, 2.75) is 39.1 Å². The summed E-state index contributed by atoms with van der Waals surface area (Å²) in [5, 5.41) is 14.2. The number of hydrogen-bond acceptors (Lipinski definition) is 4. The molecule has 3 aromatic rings. The van der Waals surface area contributed by atoms with E-state index in [9.17, 15) is 9.50 Å². The predicted molar refractivity (Wildman–Crippen MR) is 95.7 cm³/mol. The first-order valence-electron chi connectivity index (χ1n) is 8.91. The highest BCUT2D eigenvalue weighted by Gasteiger charge is 2.19. The Morgan fingerprint density at radius 1 is 1.23 bits per heavy atom. The predicted octanol–water partition coefficient (Wildman–Crippen LogP) is 3.74. The lowest BCUT2D eigenvalue weighted by molar-refractivity contribution is 0.193. The fourth-order valence-electron chi connectivity index (χ4n) is 3.38. The number of aliphatic hydroxyl groups excluding tert-OH is 1. The van der Waals surface area contributed by atoms with Gasteiger partial charge in [-0.2, -0.15) is 5.10 Å². The molecule has 2 aromatic heterocycles. The third-order valence-electron chi connectivity index (χ3n) is 4.72. The maximum atomic E-state index is 13.9. The molecule has 136 valence electrons. The second-order valence-corrected chi connectivity index (χ2v) is 6.77. The van der Waals surface area contributed by atoms with Gasteiger partial charge in [0.2, 0.25) is 0 Å². The topological polar surface area (TPSA) is 54.4 Å². The third-order valence-corrected chi connectivity index (χ3v) is 4.72. The highest BCUT2D eigenvalue weighted by Crippen LogP contribution is 2.26. The summed E-state index contributed by atoms with van der Waals surface area (Å²) in [7, 11) is 0. The molecular formula is C20H22FN3O2. The van der Waals surface area contributed by atoms with Crippen molar-refractivity contribution in [3.05, 3.63) is 65.4 Å². The van der Waals surface area contributed by atoms with Gasteiger partial charge in [-0.3, -0.25) is 9.58 Å². The number of benzene rings is 1. The molecule has 6 heteroatoms. The second kappa shape index (κ2) is 7.05. The van der Waals surface area contributed by atoms with Crippen molar-refractivity contribution in [2.24, 2.45) is 0 Å². The summed E-state index contributed by atoms with van der Waals surface area (Å²) in [4.78, 5) is 2.29. The highest BCUT2D eigenvalue weighted by atomic mass is 19.1. The minimum atomic E-state index is -0.559. The molecule has 1 aliphatic rings. The van der Waals surface area contributed by atoms with Crippen molar-refractivity contribution < 1.29 is 13.9 Å². The zero-order chi connectivity index (χ0) is 18.1. The van der Waals surface area contributed by atoms with Crippen LogP contribution in [0.2, 0.25) is 0 Å². The van der Waals surface area contributed by atoms with E-state index in [0.29, 0.717) is 23.6 Å². The van der Waals surface area contributed by atoms with Gasteiger partial charge in [0.25, 0.3) is 0 Å². The Morgan fingerprint density at radius 3 is 2.88 bits per heavy atom. The number of aromatic nitrogens is 2. The minimum Gasteiger partial charge on any atom is -0.460 e. The van der Waals surface area contributed by atoms with E-state index in [1.807, 2.05) is 22.9 Å². The van der Waals surface area contributed by atoms with Crippen molar-refractivity contribution in [1.29, 1.82) is 0 Å². The number of aliphatic hydroxyl groups is 1. The van der Waals surface area contributed by atoms with Crippen LogP contribution in [0.4, 0.5) is 4.39 Å². The summed E-state index contributed by atoms with van der Waals surface area (Å²) in [6.07, 6.45) is 0.422. The van der Waals surface area contributed by atoms with E-state index < -0.39 is 6.10 Å². The van der Waals surface area contributed by atoms with E-state index in [0.717, 1.165) is 37.5 Å². The van der Waals surface area contributed by atoms with Gasteiger partial charge in [0.1, 0.15) is 17.3 Å². The molecule has 1 aromatic carbocycles. The quantitative estimate of drug-likeness (QED) is 0.775. The van der Waals surface area contributed by atoms with Crippen molar-refractivity contribution in [1.82, 2.24) is 14.7 Å². The first kappa shape index (κ1) is 17.0. The lowest BCUT2D eigenvalue weighted by atomic mass is 10.1. The molecule has 1 N–H and O–H groups in total. The van der Waals surface area contributed by atoms with Crippen LogP contribution in [0.25, 0.3) is 11.3 Å². The van der Waals surface area contributed by atoms with Gasteiger partial charge in [0.15, 0.2) is 0 Å². The van der Waals surface area contributed by atoms with Crippen molar-refractivity contribution in [2.75, 3.05) is 6.54 Å². The monoisotopic (exact) mass is 355 g/mol. The molecule has 5 nitrogen and oxygen atoms in total. The van der Waals surface area contributed by atoms with Gasteiger partial charge in [-0.1, -0.05) is 12.1 Å². The van der Waals surface area contributed by atoms with Gasteiger partial charge >= 0.3 is 0 Å². The molecule has 0 aliphatic carbocycles. The fraction of sp³-hybridized carbons (Fsp3) is 0.350. The molecule has 1 atom stereocenters. The smallest absolute Gasteiger partial charge is 0.137 e. The minimum absolute atomic E-state index is 0.280. The summed E-state index contributed by atoms with van der Waals surface area (Å²) >= 11 is 0. The average Bonchev–Trinajstić information content (AvgIpc) is 3.19. The number of fused-ring (bicyclic) bond motifs is 1. The van der Waals surface area contributed by atoms with Crippen molar-refractivity contribution in [3.8, 4) is 11.3 Å². The summed E-state index contributed by atoms with van der Waals surface area (Å²) in [6, 6.07) is 12.3. The van der Waals surface area contributed by atoms with E-state index in [1.54, 1.807) is 25.1 Å². The molecule has 0 radical (unpaired) electrons.